The lowest BCUT2D eigenvalue weighted by atomic mass is 9.94. The molecule has 0 saturated carbocycles. The molecule has 0 aliphatic carbocycles. The number of piperidine rings is 1. The third-order valence-corrected chi connectivity index (χ3v) is 7.42. The van der Waals surface area contributed by atoms with Gasteiger partial charge >= 0.3 is 0 Å². The van der Waals surface area contributed by atoms with E-state index in [0.29, 0.717) is 5.91 Å². The molecule has 2 aliphatic heterocycles. The molecule has 5 nitrogen and oxygen atoms in total. The van der Waals surface area contributed by atoms with Crippen LogP contribution in [0.3, 0.4) is 0 Å². The summed E-state index contributed by atoms with van der Waals surface area (Å²) in [5, 5.41) is 4.10. The summed E-state index contributed by atoms with van der Waals surface area (Å²) >= 11 is 7.75. The Morgan fingerprint density at radius 1 is 0.933 bits per heavy atom. The number of hydrogen-bond donors (Lipinski definition) is 0. The lowest BCUT2D eigenvalue weighted by Crippen LogP contribution is -2.51. The Kier molecular flexibility index (Phi) is 5.52. The van der Waals surface area contributed by atoms with Gasteiger partial charge in [0.05, 0.1) is 0 Å². The molecule has 1 aromatic carbocycles. The van der Waals surface area contributed by atoms with Crippen LogP contribution < -0.4 is 9.80 Å². The SMILES string of the molecule is O=C(C1CCN(c2nccc3sccc23)CC1)N1CCN(c2ccc(Cl)cc2)CC1. The van der Waals surface area contributed by atoms with Gasteiger partial charge < -0.3 is 14.7 Å². The zero-order valence-electron chi connectivity index (χ0n) is 16.8. The summed E-state index contributed by atoms with van der Waals surface area (Å²) in [5.41, 5.74) is 1.18. The van der Waals surface area contributed by atoms with E-state index in [4.69, 9.17) is 11.6 Å². The molecule has 2 saturated heterocycles. The molecule has 30 heavy (non-hydrogen) atoms. The molecule has 0 atom stereocenters. The fourth-order valence-corrected chi connectivity index (χ4v) is 5.47. The molecule has 7 heteroatoms. The average molecular weight is 441 g/mol. The molecule has 1 amide bonds. The largest absolute Gasteiger partial charge is 0.368 e. The van der Waals surface area contributed by atoms with Crippen molar-refractivity contribution in [3.05, 3.63) is 53.0 Å². The highest BCUT2D eigenvalue weighted by molar-refractivity contribution is 7.17. The molecular formula is C23H25ClN4OS. The first kappa shape index (κ1) is 19.6. The second kappa shape index (κ2) is 8.44. The highest BCUT2D eigenvalue weighted by Gasteiger charge is 2.31. The zero-order valence-corrected chi connectivity index (χ0v) is 18.4. The van der Waals surface area contributed by atoms with E-state index in [9.17, 15) is 4.79 Å². The molecule has 0 N–H and O–H groups in total. The Morgan fingerprint density at radius 3 is 2.40 bits per heavy atom. The van der Waals surface area contributed by atoms with Gasteiger partial charge in [0.1, 0.15) is 5.82 Å². The van der Waals surface area contributed by atoms with Crippen LogP contribution in [0.15, 0.2) is 48.0 Å². The summed E-state index contributed by atoms with van der Waals surface area (Å²) in [4.78, 5) is 24.5. The van der Waals surface area contributed by atoms with Crippen molar-refractivity contribution in [3.63, 3.8) is 0 Å². The number of hydrogen-bond acceptors (Lipinski definition) is 5. The van der Waals surface area contributed by atoms with Crippen LogP contribution >= 0.6 is 22.9 Å². The van der Waals surface area contributed by atoms with Crippen LogP contribution in [0, 0.1) is 5.92 Å². The quantitative estimate of drug-likeness (QED) is 0.600. The Morgan fingerprint density at radius 2 is 1.67 bits per heavy atom. The van der Waals surface area contributed by atoms with Crippen LogP contribution in [0.25, 0.3) is 10.1 Å². The van der Waals surface area contributed by atoms with E-state index in [0.717, 1.165) is 63.0 Å². The van der Waals surface area contributed by atoms with E-state index in [1.54, 1.807) is 11.3 Å². The van der Waals surface area contributed by atoms with E-state index in [-0.39, 0.29) is 5.92 Å². The fourth-order valence-electron chi connectivity index (χ4n) is 4.57. The molecular weight excluding hydrogens is 416 g/mol. The Bertz CT molecular complexity index is 1020. The molecule has 2 aliphatic rings. The van der Waals surface area contributed by atoms with Crippen LogP contribution in [0.2, 0.25) is 5.02 Å². The van der Waals surface area contributed by atoms with Gasteiger partial charge in [-0.3, -0.25) is 4.79 Å². The van der Waals surface area contributed by atoms with Crippen molar-refractivity contribution in [2.75, 3.05) is 49.1 Å². The first-order valence-corrected chi connectivity index (χ1v) is 11.8. The van der Waals surface area contributed by atoms with Gasteiger partial charge in [-0.05, 0) is 54.6 Å². The molecule has 5 rings (SSSR count). The summed E-state index contributed by atoms with van der Waals surface area (Å²) in [6.45, 7) is 5.10. The van der Waals surface area contributed by atoms with Gasteiger partial charge in [-0.15, -0.1) is 11.3 Å². The van der Waals surface area contributed by atoms with E-state index < -0.39 is 0 Å². The van der Waals surface area contributed by atoms with Crippen LogP contribution in [-0.4, -0.2) is 55.1 Å². The smallest absolute Gasteiger partial charge is 0.225 e. The molecule has 4 heterocycles. The number of halogens is 1. The molecule has 0 spiro atoms. The maximum atomic E-state index is 13.1. The summed E-state index contributed by atoms with van der Waals surface area (Å²) in [5.74, 6) is 1.52. The first-order valence-electron chi connectivity index (χ1n) is 10.6. The predicted octanol–water partition coefficient (Wildman–Crippen LogP) is 4.51. The lowest BCUT2D eigenvalue weighted by Gasteiger charge is -2.39. The average Bonchev–Trinajstić information content (AvgIpc) is 3.28. The van der Waals surface area contributed by atoms with Gasteiger partial charge in [0.25, 0.3) is 0 Å². The second-order valence-electron chi connectivity index (χ2n) is 8.02. The highest BCUT2D eigenvalue weighted by atomic mass is 35.5. The van der Waals surface area contributed by atoms with E-state index in [1.807, 2.05) is 18.3 Å². The van der Waals surface area contributed by atoms with E-state index in [1.165, 1.54) is 15.8 Å². The van der Waals surface area contributed by atoms with Gasteiger partial charge in [0.15, 0.2) is 0 Å². The number of anilines is 2. The van der Waals surface area contributed by atoms with Gasteiger partial charge in [-0.25, -0.2) is 4.98 Å². The van der Waals surface area contributed by atoms with Crippen molar-refractivity contribution >= 4 is 50.4 Å². The van der Waals surface area contributed by atoms with Crippen LogP contribution in [0.1, 0.15) is 12.8 Å². The number of aromatic nitrogens is 1. The van der Waals surface area contributed by atoms with Crippen LogP contribution in [-0.2, 0) is 4.79 Å². The number of fused-ring (bicyclic) bond motifs is 1. The molecule has 0 bridgehead atoms. The minimum absolute atomic E-state index is 0.130. The second-order valence-corrected chi connectivity index (χ2v) is 9.40. The number of piperazine rings is 1. The minimum Gasteiger partial charge on any atom is -0.368 e. The number of carbonyl (C=O) groups is 1. The summed E-state index contributed by atoms with van der Waals surface area (Å²) in [6, 6.07) is 12.2. The lowest BCUT2D eigenvalue weighted by molar-refractivity contribution is -0.136. The number of benzene rings is 1. The Hall–Kier alpha value is -2.31. The predicted molar refractivity (Wildman–Crippen MR) is 125 cm³/mol. The Labute approximate surface area is 185 Å². The van der Waals surface area contributed by atoms with Crippen molar-refractivity contribution in [2.45, 2.75) is 12.8 Å². The van der Waals surface area contributed by atoms with Crippen molar-refractivity contribution in [1.82, 2.24) is 9.88 Å². The summed E-state index contributed by atoms with van der Waals surface area (Å²) < 4.78 is 1.27. The standard InChI is InChI=1S/C23H25ClN4OS/c24-18-1-3-19(4-2-18)26-12-14-28(15-13-26)23(29)17-6-10-27(11-7-17)22-20-8-16-30-21(20)5-9-25-22/h1-5,8-9,16-17H,6-7,10-15H2. The van der Waals surface area contributed by atoms with E-state index in [2.05, 4.69) is 49.3 Å². The van der Waals surface area contributed by atoms with Gasteiger partial charge in [0.2, 0.25) is 5.91 Å². The molecule has 2 fully saturated rings. The van der Waals surface area contributed by atoms with Gasteiger partial charge in [-0.1, -0.05) is 11.6 Å². The monoisotopic (exact) mass is 440 g/mol. The number of pyridine rings is 1. The number of thiophene rings is 1. The van der Waals surface area contributed by atoms with Gasteiger partial charge in [-0.2, -0.15) is 0 Å². The molecule has 2 aromatic heterocycles. The highest BCUT2D eigenvalue weighted by Crippen LogP contribution is 2.31. The number of carbonyl (C=O) groups excluding carboxylic acids is 1. The summed E-state index contributed by atoms with van der Waals surface area (Å²) in [7, 11) is 0. The molecule has 0 unspecified atom stereocenters. The van der Waals surface area contributed by atoms with Crippen molar-refractivity contribution in [2.24, 2.45) is 5.92 Å². The van der Waals surface area contributed by atoms with Crippen LogP contribution in [0.5, 0.6) is 0 Å². The zero-order chi connectivity index (χ0) is 20.5. The number of amides is 1. The third kappa shape index (κ3) is 3.86. The summed E-state index contributed by atoms with van der Waals surface area (Å²) in [6.07, 6.45) is 3.70. The minimum atomic E-state index is 0.130. The molecule has 3 aromatic rings. The molecule has 0 radical (unpaired) electrons. The Balaban J connectivity index is 1.16. The van der Waals surface area contributed by atoms with E-state index >= 15 is 0 Å². The fraction of sp³-hybridized carbons (Fsp3) is 0.391. The van der Waals surface area contributed by atoms with Crippen molar-refractivity contribution < 1.29 is 4.79 Å². The molecule has 156 valence electrons. The van der Waals surface area contributed by atoms with Crippen molar-refractivity contribution in [3.8, 4) is 0 Å². The topological polar surface area (TPSA) is 39.7 Å². The van der Waals surface area contributed by atoms with Crippen LogP contribution in [0.4, 0.5) is 11.5 Å². The normalized spacial score (nSPS) is 18.2. The third-order valence-electron chi connectivity index (χ3n) is 6.29. The first-order chi connectivity index (χ1) is 14.7. The maximum absolute atomic E-state index is 13.1. The maximum Gasteiger partial charge on any atom is 0.225 e. The number of rotatable bonds is 3. The van der Waals surface area contributed by atoms with Crippen molar-refractivity contribution in [1.29, 1.82) is 0 Å². The van der Waals surface area contributed by atoms with Gasteiger partial charge in [0, 0.05) is 72.2 Å². The number of nitrogens with zero attached hydrogens (tertiary/aromatic N) is 4.